The van der Waals surface area contributed by atoms with Crippen LogP contribution in [0, 0.1) is 6.92 Å². The van der Waals surface area contributed by atoms with Crippen LogP contribution in [0.2, 0.25) is 0 Å². The van der Waals surface area contributed by atoms with E-state index in [2.05, 4.69) is 41.5 Å². The Morgan fingerprint density at radius 1 is 1.04 bits per heavy atom. The lowest BCUT2D eigenvalue weighted by Crippen LogP contribution is -2.06. The van der Waals surface area contributed by atoms with Crippen molar-refractivity contribution in [2.45, 2.75) is 13.5 Å². The summed E-state index contributed by atoms with van der Waals surface area (Å²) >= 11 is 3.46. The Kier molecular flexibility index (Phi) is 4.83. The smallest absolute Gasteiger partial charge is 0.225 e. The van der Waals surface area contributed by atoms with E-state index >= 15 is 0 Å². The molecule has 0 saturated heterocycles. The molecule has 6 heteroatoms. The molecule has 1 aromatic carbocycles. The normalized spacial score (nSPS) is 10.3. The first-order chi connectivity index (χ1) is 11.2. The summed E-state index contributed by atoms with van der Waals surface area (Å²) in [4.78, 5) is 12.9. The molecule has 0 aliphatic carbocycles. The van der Waals surface area contributed by atoms with Crippen molar-refractivity contribution in [3.05, 3.63) is 70.6 Å². The average molecular weight is 370 g/mol. The summed E-state index contributed by atoms with van der Waals surface area (Å²) < 4.78 is 1.02. The fourth-order valence-electron chi connectivity index (χ4n) is 2.11. The molecule has 0 fully saturated rings. The highest BCUT2D eigenvalue weighted by Gasteiger charge is 2.03. The van der Waals surface area contributed by atoms with Gasteiger partial charge in [0.15, 0.2) is 0 Å². The Hall–Kier alpha value is -2.47. The van der Waals surface area contributed by atoms with Gasteiger partial charge in [0.1, 0.15) is 5.82 Å². The molecule has 0 bridgehead atoms. The van der Waals surface area contributed by atoms with Gasteiger partial charge in [0.25, 0.3) is 0 Å². The first-order valence-corrected chi connectivity index (χ1v) is 7.99. The first-order valence-electron chi connectivity index (χ1n) is 7.20. The number of nitrogens with zero attached hydrogens (tertiary/aromatic N) is 3. The standard InChI is InChI=1S/C17H16BrN5/c1-12-9-16(22-15-4-2-3-14(18)10-15)23-17(21-12)20-11-13-5-7-19-8-6-13/h2-10H,11H2,1H3,(H2,20,21,22,23). The molecule has 2 heterocycles. The topological polar surface area (TPSA) is 62.7 Å². The summed E-state index contributed by atoms with van der Waals surface area (Å²) in [6.07, 6.45) is 3.54. The van der Waals surface area contributed by atoms with Crippen molar-refractivity contribution in [2.24, 2.45) is 0 Å². The van der Waals surface area contributed by atoms with Gasteiger partial charge in [-0.15, -0.1) is 0 Å². The first kappa shape index (κ1) is 15.4. The molecule has 0 amide bonds. The maximum absolute atomic E-state index is 4.51. The van der Waals surface area contributed by atoms with Crippen LogP contribution in [-0.4, -0.2) is 15.0 Å². The summed E-state index contributed by atoms with van der Waals surface area (Å²) in [5, 5.41) is 6.53. The molecule has 0 atom stereocenters. The Morgan fingerprint density at radius 2 is 1.87 bits per heavy atom. The van der Waals surface area contributed by atoms with E-state index in [1.165, 1.54) is 0 Å². The van der Waals surface area contributed by atoms with Gasteiger partial charge in [0, 0.05) is 40.9 Å². The lowest BCUT2D eigenvalue weighted by atomic mass is 10.3. The third-order valence-electron chi connectivity index (χ3n) is 3.15. The van der Waals surface area contributed by atoms with Crippen molar-refractivity contribution >= 4 is 33.4 Å². The van der Waals surface area contributed by atoms with Crippen LogP contribution in [0.15, 0.2) is 59.3 Å². The SMILES string of the molecule is Cc1cc(Nc2cccc(Br)c2)nc(NCc2ccncc2)n1. The molecule has 0 radical (unpaired) electrons. The summed E-state index contributed by atoms with van der Waals surface area (Å²) in [5.74, 6) is 1.35. The molecule has 0 spiro atoms. The molecule has 3 rings (SSSR count). The van der Waals surface area contributed by atoms with E-state index in [0.717, 1.165) is 27.2 Å². The zero-order valence-corrected chi connectivity index (χ0v) is 14.2. The second-order valence-corrected chi connectivity index (χ2v) is 5.98. The van der Waals surface area contributed by atoms with Crippen molar-refractivity contribution in [1.29, 1.82) is 0 Å². The van der Waals surface area contributed by atoms with E-state index in [1.54, 1.807) is 12.4 Å². The van der Waals surface area contributed by atoms with Crippen molar-refractivity contribution in [3.8, 4) is 0 Å². The highest BCUT2D eigenvalue weighted by atomic mass is 79.9. The quantitative estimate of drug-likeness (QED) is 0.701. The van der Waals surface area contributed by atoms with Gasteiger partial charge < -0.3 is 10.6 Å². The molecular weight excluding hydrogens is 354 g/mol. The minimum absolute atomic E-state index is 0.597. The average Bonchev–Trinajstić information content (AvgIpc) is 2.53. The van der Waals surface area contributed by atoms with Crippen LogP contribution < -0.4 is 10.6 Å². The highest BCUT2D eigenvalue weighted by molar-refractivity contribution is 9.10. The maximum Gasteiger partial charge on any atom is 0.225 e. The zero-order chi connectivity index (χ0) is 16.1. The molecule has 2 aromatic heterocycles. The Bertz CT molecular complexity index is 792. The number of pyridine rings is 1. The fourth-order valence-corrected chi connectivity index (χ4v) is 2.51. The second kappa shape index (κ2) is 7.19. The van der Waals surface area contributed by atoms with Gasteiger partial charge in [-0.1, -0.05) is 22.0 Å². The van der Waals surface area contributed by atoms with Crippen molar-refractivity contribution in [3.63, 3.8) is 0 Å². The minimum atomic E-state index is 0.597. The van der Waals surface area contributed by atoms with Gasteiger partial charge in [-0.25, -0.2) is 4.98 Å². The molecule has 3 aromatic rings. The minimum Gasteiger partial charge on any atom is -0.350 e. The van der Waals surface area contributed by atoms with Gasteiger partial charge in [-0.05, 0) is 42.8 Å². The van der Waals surface area contributed by atoms with Crippen LogP contribution in [0.5, 0.6) is 0 Å². The number of halogens is 1. The monoisotopic (exact) mass is 369 g/mol. The molecule has 5 nitrogen and oxygen atoms in total. The lowest BCUT2D eigenvalue weighted by molar-refractivity contribution is 1.03. The third-order valence-corrected chi connectivity index (χ3v) is 3.64. The van der Waals surface area contributed by atoms with Crippen LogP contribution >= 0.6 is 15.9 Å². The second-order valence-electron chi connectivity index (χ2n) is 5.06. The number of hydrogen-bond acceptors (Lipinski definition) is 5. The summed E-state index contributed by atoms with van der Waals surface area (Å²) in [6, 6.07) is 13.8. The molecule has 0 aliphatic heterocycles. The molecule has 23 heavy (non-hydrogen) atoms. The molecule has 0 aliphatic rings. The van der Waals surface area contributed by atoms with Crippen LogP contribution in [0.25, 0.3) is 0 Å². The summed E-state index contributed by atoms with van der Waals surface area (Å²) in [5.41, 5.74) is 3.00. The number of aromatic nitrogens is 3. The number of hydrogen-bond donors (Lipinski definition) is 2. The van der Waals surface area contributed by atoms with Crippen LogP contribution in [0.1, 0.15) is 11.3 Å². The van der Waals surface area contributed by atoms with Crippen molar-refractivity contribution in [2.75, 3.05) is 10.6 Å². The molecule has 2 N–H and O–H groups in total. The van der Waals surface area contributed by atoms with Gasteiger partial charge in [0.05, 0.1) is 0 Å². The van der Waals surface area contributed by atoms with E-state index in [4.69, 9.17) is 0 Å². The van der Waals surface area contributed by atoms with E-state index in [1.807, 2.05) is 49.4 Å². The van der Waals surface area contributed by atoms with E-state index in [0.29, 0.717) is 12.5 Å². The van der Waals surface area contributed by atoms with Gasteiger partial charge >= 0.3 is 0 Å². The van der Waals surface area contributed by atoms with Crippen LogP contribution in [0.4, 0.5) is 17.5 Å². The Labute approximate surface area is 143 Å². The predicted octanol–water partition coefficient (Wildman–Crippen LogP) is 4.30. The number of benzene rings is 1. The maximum atomic E-state index is 4.51. The van der Waals surface area contributed by atoms with Crippen molar-refractivity contribution < 1.29 is 0 Å². The molecule has 0 saturated carbocycles. The molecular formula is C17H16BrN5. The summed E-state index contributed by atoms with van der Waals surface area (Å²) in [6.45, 7) is 2.60. The Morgan fingerprint density at radius 3 is 2.65 bits per heavy atom. The number of rotatable bonds is 5. The van der Waals surface area contributed by atoms with Crippen LogP contribution in [0.3, 0.4) is 0 Å². The molecule has 116 valence electrons. The van der Waals surface area contributed by atoms with Crippen LogP contribution in [-0.2, 0) is 6.54 Å². The largest absolute Gasteiger partial charge is 0.350 e. The van der Waals surface area contributed by atoms with Crippen molar-refractivity contribution in [1.82, 2.24) is 15.0 Å². The molecule has 0 unspecified atom stereocenters. The van der Waals surface area contributed by atoms with E-state index in [9.17, 15) is 0 Å². The fraction of sp³-hybridized carbons (Fsp3) is 0.118. The Balaban J connectivity index is 1.73. The number of aryl methyl sites for hydroxylation is 1. The third kappa shape index (κ3) is 4.50. The summed E-state index contributed by atoms with van der Waals surface area (Å²) in [7, 11) is 0. The highest BCUT2D eigenvalue weighted by Crippen LogP contribution is 2.20. The lowest BCUT2D eigenvalue weighted by Gasteiger charge is -2.10. The van der Waals surface area contributed by atoms with E-state index in [-0.39, 0.29) is 0 Å². The zero-order valence-electron chi connectivity index (χ0n) is 12.6. The number of anilines is 3. The van der Waals surface area contributed by atoms with E-state index < -0.39 is 0 Å². The van der Waals surface area contributed by atoms with Gasteiger partial charge in [-0.2, -0.15) is 4.98 Å². The predicted molar refractivity (Wildman–Crippen MR) is 95.8 cm³/mol. The van der Waals surface area contributed by atoms with Gasteiger partial charge in [-0.3, -0.25) is 4.98 Å². The number of nitrogens with one attached hydrogen (secondary N) is 2. The van der Waals surface area contributed by atoms with Gasteiger partial charge in [0.2, 0.25) is 5.95 Å².